The Bertz CT molecular complexity index is 4370. The van der Waals surface area contributed by atoms with E-state index in [4.69, 9.17) is 4.98 Å². The summed E-state index contributed by atoms with van der Waals surface area (Å²) in [6.07, 6.45) is 0. The summed E-state index contributed by atoms with van der Waals surface area (Å²) in [5, 5.41) is 9.57. The van der Waals surface area contributed by atoms with E-state index in [2.05, 4.69) is 267 Å². The molecule has 0 spiro atoms. The average Bonchev–Trinajstić information content (AvgIpc) is 4.16. The first-order chi connectivity index (χ1) is 34.8. The Hall–Kier alpha value is -9.45. The van der Waals surface area contributed by atoms with Gasteiger partial charge in [0.05, 0.1) is 49.8 Å². The number of para-hydroxylation sites is 8. The van der Waals surface area contributed by atoms with Gasteiger partial charge in [-0.3, -0.25) is 9.13 Å². The van der Waals surface area contributed by atoms with Crippen LogP contribution in [0.4, 0.5) is 0 Å². The van der Waals surface area contributed by atoms with Crippen LogP contribution in [0.5, 0.6) is 0 Å². The number of nitrogens with zero attached hydrogens (tertiary/aromatic N) is 5. The monoisotopic (exact) mass is 891 g/mol. The maximum atomic E-state index is 6.24. The lowest BCUT2D eigenvalue weighted by Gasteiger charge is -2.26. The smallest absolute Gasteiger partial charge is 0.165 e. The van der Waals surface area contributed by atoms with Gasteiger partial charge < -0.3 is 9.13 Å². The summed E-state index contributed by atoms with van der Waals surface area (Å²) in [6.45, 7) is 0. The normalized spacial score (nSPS) is 12.0. The minimum atomic E-state index is 0.838. The van der Waals surface area contributed by atoms with Crippen LogP contribution < -0.4 is 0 Å². The van der Waals surface area contributed by atoms with E-state index in [-0.39, 0.29) is 0 Å². The third-order valence-corrected chi connectivity index (χ3v) is 14.6. The van der Waals surface area contributed by atoms with E-state index in [1.165, 1.54) is 54.1 Å². The number of hydrogen-bond acceptors (Lipinski definition) is 1. The Kier molecular flexibility index (Phi) is 8.29. The van der Waals surface area contributed by atoms with Crippen LogP contribution in [0.2, 0.25) is 0 Å². The van der Waals surface area contributed by atoms with Crippen LogP contribution in [0.1, 0.15) is 0 Å². The van der Waals surface area contributed by atoms with E-state index < -0.39 is 0 Å². The highest BCUT2D eigenvalue weighted by molar-refractivity contribution is 6.15. The lowest BCUT2D eigenvalue weighted by Crippen LogP contribution is -2.13. The molecule has 326 valence electrons. The molecule has 0 N–H and O–H groups in total. The van der Waals surface area contributed by atoms with Gasteiger partial charge in [-0.05, 0) is 71.8 Å². The topological polar surface area (TPSA) is 32.6 Å². The van der Waals surface area contributed by atoms with Crippen molar-refractivity contribution in [1.82, 2.24) is 23.3 Å². The molecule has 0 fully saturated rings. The molecule has 10 aromatic carbocycles. The maximum Gasteiger partial charge on any atom is 0.165 e. The van der Waals surface area contributed by atoms with E-state index >= 15 is 0 Å². The third-order valence-electron chi connectivity index (χ3n) is 14.6. The summed E-state index contributed by atoms with van der Waals surface area (Å²) in [7, 11) is 0. The first-order valence-corrected chi connectivity index (χ1v) is 24.0. The summed E-state index contributed by atoms with van der Waals surface area (Å²) < 4.78 is 9.72. The molecule has 5 aromatic heterocycles. The van der Waals surface area contributed by atoms with Crippen molar-refractivity contribution < 1.29 is 0 Å². The van der Waals surface area contributed by atoms with Crippen molar-refractivity contribution in [1.29, 1.82) is 0 Å². The zero-order valence-electron chi connectivity index (χ0n) is 37.9. The first-order valence-electron chi connectivity index (χ1n) is 24.0. The van der Waals surface area contributed by atoms with Gasteiger partial charge in [-0.15, -0.1) is 0 Å². The largest absolute Gasteiger partial charge is 0.309 e. The molecule has 0 saturated carbocycles. The summed E-state index contributed by atoms with van der Waals surface area (Å²) in [4.78, 5) is 6.24. The van der Waals surface area contributed by atoms with Crippen molar-refractivity contribution in [2.45, 2.75) is 0 Å². The number of rotatable bonds is 6. The molecule has 0 aliphatic heterocycles. The zero-order chi connectivity index (χ0) is 45.9. The predicted molar refractivity (Wildman–Crippen MR) is 292 cm³/mol. The second-order valence-electron chi connectivity index (χ2n) is 18.2. The molecular weight excluding hydrogens is 851 g/mol. The molecule has 5 nitrogen and oxygen atoms in total. The van der Waals surface area contributed by atoms with Crippen LogP contribution in [0.25, 0.3) is 132 Å². The fraction of sp³-hybridized carbons (Fsp3) is 0. The molecule has 0 bridgehead atoms. The van der Waals surface area contributed by atoms with Gasteiger partial charge in [0, 0.05) is 59.9 Å². The zero-order valence-corrected chi connectivity index (χ0v) is 37.9. The predicted octanol–water partition coefficient (Wildman–Crippen LogP) is 16.8. The Morgan fingerprint density at radius 3 is 0.871 bits per heavy atom. The van der Waals surface area contributed by atoms with E-state index in [0.717, 1.165) is 78.4 Å². The molecule has 0 amide bonds. The van der Waals surface area contributed by atoms with Crippen LogP contribution in [-0.2, 0) is 0 Å². The lowest BCUT2D eigenvalue weighted by molar-refractivity contribution is 0.987. The number of benzene rings is 10. The van der Waals surface area contributed by atoms with Gasteiger partial charge in [0.15, 0.2) is 5.82 Å². The van der Waals surface area contributed by atoms with E-state index in [0.29, 0.717) is 0 Å². The van der Waals surface area contributed by atoms with Crippen molar-refractivity contribution in [3.63, 3.8) is 0 Å². The number of hydrogen-bond donors (Lipinski definition) is 0. The van der Waals surface area contributed by atoms with Crippen molar-refractivity contribution in [3.8, 4) is 45.3 Å². The Morgan fingerprint density at radius 2 is 0.500 bits per heavy atom. The van der Waals surface area contributed by atoms with Gasteiger partial charge in [0.1, 0.15) is 5.82 Å². The molecule has 0 saturated heterocycles. The highest BCUT2D eigenvalue weighted by atomic mass is 15.2. The first kappa shape index (κ1) is 38.6. The quantitative estimate of drug-likeness (QED) is 0.164. The summed E-state index contributed by atoms with van der Waals surface area (Å²) in [5.74, 6) is 1.69. The number of fused-ring (bicyclic) bond motifs is 12. The number of pyridine rings is 1. The van der Waals surface area contributed by atoms with E-state index in [1.807, 2.05) is 0 Å². The van der Waals surface area contributed by atoms with E-state index in [1.54, 1.807) is 0 Å². The van der Waals surface area contributed by atoms with Gasteiger partial charge in [-0.1, -0.05) is 188 Å². The van der Waals surface area contributed by atoms with Gasteiger partial charge in [0.2, 0.25) is 0 Å². The maximum absolute atomic E-state index is 6.24. The molecule has 70 heavy (non-hydrogen) atoms. The molecule has 15 aromatic rings. The van der Waals surface area contributed by atoms with Crippen molar-refractivity contribution in [3.05, 3.63) is 249 Å². The lowest BCUT2D eigenvalue weighted by atomic mass is 9.92. The molecule has 0 atom stereocenters. The molecule has 0 aliphatic rings. The average molecular weight is 892 g/mol. The highest BCUT2D eigenvalue weighted by Crippen LogP contribution is 2.49. The Balaban J connectivity index is 1.17. The van der Waals surface area contributed by atoms with Crippen LogP contribution in [0.3, 0.4) is 0 Å². The van der Waals surface area contributed by atoms with Crippen LogP contribution in [-0.4, -0.2) is 23.3 Å². The molecule has 0 unspecified atom stereocenters. The fourth-order valence-corrected chi connectivity index (χ4v) is 11.7. The second kappa shape index (κ2) is 15.0. The summed E-state index contributed by atoms with van der Waals surface area (Å²) in [6, 6.07) is 90.5. The molecular formula is C65H41N5. The molecule has 5 heteroatoms. The van der Waals surface area contributed by atoms with Gasteiger partial charge in [-0.25, -0.2) is 4.98 Å². The minimum absolute atomic E-state index is 0.838. The van der Waals surface area contributed by atoms with Crippen LogP contribution in [0.15, 0.2) is 249 Å². The van der Waals surface area contributed by atoms with Crippen molar-refractivity contribution >= 4 is 87.2 Å². The molecule has 15 rings (SSSR count). The Morgan fingerprint density at radius 1 is 0.214 bits per heavy atom. The summed E-state index contributed by atoms with van der Waals surface area (Å²) >= 11 is 0. The van der Waals surface area contributed by atoms with Crippen LogP contribution >= 0.6 is 0 Å². The van der Waals surface area contributed by atoms with Crippen LogP contribution in [0, 0.1) is 0 Å². The highest BCUT2D eigenvalue weighted by Gasteiger charge is 2.31. The Labute approximate surface area is 402 Å². The van der Waals surface area contributed by atoms with Crippen molar-refractivity contribution in [2.75, 3.05) is 0 Å². The minimum Gasteiger partial charge on any atom is -0.309 e. The SMILES string of the molecule is c1ccc(-c2c(-c3ccc(-n4c5ccccc5c5ccccc54)cc3)c(-n3c4ccccc4c4ccccc43)nc(-n3c4ccccc4c4ccccc43)c2-n2c3ccccc3c3ccccc32)cc1. The molecule has 0 aliphatic carbocycles. The van der Waals surface area contributed by atoms with Gasteiger partial charge in [-0.2, -0.15) is 0 Å². The molecule has 0 radical (unpaired) electrons. The standard InChI is InChI=1S/C65H41N5/c1-2-20-42(21-3-1)61-62(43-38-40-44(41-39-43)67-53-30-12-4-22-45(53)46-23-5-13-31-54(46)67)64(69-57-34-16-8-26-49(57)50-27-9-17-35-58(50)69)66-65(70-59-36-18-10-28-51(59)52-29-11-19-37-60(52)70)63(61)68-55-32-14-6-24-47(55)48-25-7-15-33-56(48)68/h1-41H. The van der Waals surface area contributed by atoms with Crippen molar-refractivity contribution in [2.24, 2.45) is 0 Å². The van der Waals surface area contributed by atoms with Gasteiger partial charge >= 0.3 is 0 Å². The fourth-order valence-electron chi connectivity index (χ4n) is 11.7. The van der Waals surface area contributed by atoms with E-state index in [9.17, 15) is 0 Å². The van der Waals surface area contributed by atoms with Gasteiger partial charge in [0.25, 0.3) is 0 Å². The second-order valence-corrected chi connectivity index (χ2v) is 18.2. The molecule has 5 heterocycles. The number of aromatic nitrogens is 5. The third kappa shape index (κ3) is 5.45. The summed E-state index contributed by atoms with van der Waals surface area (Å²) in [5.41, 5.74) is 15.3.